The molecule has 0 atom stereocenters. The molecule has 1 aromatic carbocycles. The maximum atomic E-state index is 12.7. The molecule has 0 spiro atoms. The molecule has 0 aliphatic heterocycles. The van der Waals surface area contributed by atoms with Crippen LogP contribution in [0.5, 0.6) is 0 Å². The van der Waals surface area contributed by atoms with Gasteiger partial charge in [0.15, 0.2) is 0 Å². The second-order valence-corrected chi connectivity index (χ2v) is 5.93. The van der Waals surface area contributed by atoms with Gasteiger partial charge in [0.2, 0.25) is 0 Å². The molecule has 0 aromatic heterocycles. The van der Waals surface area contributed by atoms with E-state index in [9.17, 15) is 13.2 Å². The third kappa shape index (κ3) is 4.33. The summed E-state index contributed by atoms with van der Waals surface area (Å²) in [6, 6.07) is 3.48. The number of benzene rings is 1. The Balaban J connectivity index is 2.05. The highest BCUT2D eigenvalue weighted by molar-refractivity contribution is 7.80. The molecular formula is C15H19F3N2S. The Morgan fingerprint density at radius 2 is 1.95 bits per heavy atom. The van der Waals surface area contributed by atoms with Crippen molar-refractivity contribution >= 4 is 22.9 Å². The molecule has 0 amide bonds. The summed E-state index contributed by atoms with van der Waals surface area (Å²) in [5.41, 5.74) is 5.65. The fraction of sp³-hybridized carbons (Fsp3) is 0.533. The van der Waals surface area contributed by atoms with Gasteiger partial charge in [0.25, 0.3) is 0 Å². The van der Waals surface area contributed by atoms with Crippen molar-refractivity contribution in [3.63, 3.8) is 0 Å². The number of anilines is 1. The van der Waals surface area contributed by atoms with Crippen LogP contribution < -0.4 is 11.1 Å². The van der Waals surface area contributed by atoms with Gasteiger partial charge in [-0.05, 0) is 30.5 Å². The summed E-state index contributed by atoms with van der Waals surface area (Å²) in [6.45, 7) is 0.728. The van der Waals surface area contributed by atoms with Crippen molar-refractivity contribution in [1.82, 2.24) is 0 Å². The van der Waals surface area contributed by atoms with Crippen molar-refractivity contribution < 1.29 is 13.2 Å². The summed E-state index contributed by atoms with van der Waals surface area (Å²) >= 11 is 4.86. The standard InChI is InChI=1S/C15H19F3N2S/c16-15(17,18)11-5-6-13(12(9-11)14(19)21)20-8-7-10-3-1-2-4-10/h5-6,9-10,20H,1-4,7-8H2,(H2,19,21). The molecule has 2 nitrogen and oxygen atoms in total. The summed E-state index contributed by atoms with van der Waals surface area (Å²) in [4.78, 5) is -0.0236. The first-order chi connectivity index (χ1) is 9.88. The van der Waals surface area contributed by atoms with Gasteiger partial charge in [0.1, 0.15) is 4.99 Å². The Kier molecular flexibility index (Phi) is 5.08. The molecule has 21 heavy (non-hydrogen) atoms. The molecule has 0 bridgehead atoms. The zero-order valence-corrected chi connectivity index (χ0v) is 12.5. The highest BCUT2D eigenvalue weighted by Crippen LogP contribution is 2.32. The van der Waals surface area contributed by atoms with Gasteiger partial charge in [-0.3, -0.25) is 0 Å². The van der Waals surface area contributed by atoms with Crippen LogP contribution in [-0.4, -0.2) is 11.5 Å². The summed E-state index contributed by atoms with van der Waals surface area (Å²) in [6.07, 6.45) is 1.69. The molecule has 0 heterocycles. The van der Waals surface area contributed by atoms with Gasteiger partial charge in [-0.15, -0.1) is 0 Å². The lowest BCUT2D eigenvalue weighted by molar-refractivity contribution is -0.137. The monoisotopic (exact) mass is 316 g/mol. The second-order valence-electron chi connectivity index (χ2n) is 5.49. The largest absolute Gasteiger partial charge is 0.416 e. The minimum absolute atomic E-state index is 0.0236. The van der Waals surface area contributed by atoms with Crippen LogP contribution in [0.1, 0.15) is 43.2 Å². The second kappa shape index (κ2) is 6.64. The Morgan fingerprint density at radius 3 is 2.52 bits per heavy atom. The average Bonchev–Trinajstić information content (AvgIpc) is 2.90. The van der Waals surface area contributed by atoms with E-state index in [1.165, 1.54) is 31.7 Å². The number of halogens is 3. The summed E-state index contributed by atoms with van der Waals surface area (Å²) in [5, 5.41) is 3.17. The van der Waals surface area contributed by atoms with Crippen LogP contribution in [0.2, 0.25) is 0 Å². The molecule has 0 unspecified atom stereocenters. The molecule has 0 saturated heterocycles. The Morgan fingerprint density at radius 1 is 1.29 bits per heavy atom. The Bertz CT molecular complexity index is 508. The van der Waals surface area contributed by atoms with Crippen LogP contribution in [0.4, 0.5) is 18.9 Å². The first-order valence-electron chi connectivity index (χ1n) is 7.13. The Hall–Kier alpha value is -1.30. The minimum atomic E-state index is -4.39. The van der Waals surface area contributed by atoms with E-state index in [1.54, 1.807) is 0 Å². The van der Waals surface area contributed by atoms with E-state index in [1.807, 2.05) is 0 Å². The number of rotatable bonds is 5. The molecule has 1 saturated carbocycles. The van der Waals surface area contributed by atoms with Crippen LogP contribution >= 0.6 is 12.2 Å². The molecule has 3 N–H and O–H groups in total. The van der Waals surface area contributed by atoms with Gasteiger partial charge in [0, 0.05) is 17.8 Å². The van der Waals surface area contributed by atoms with Gasteiger partial charge in [0.05, 0.1) is 5.56 Å². The lowest BCUT2D eigenvalue weighted by Crippen LogP contribution is -2.16. The lowest BCUT2D eigenvalue weighted by atomic mass is 10.0. The van der Waals surface area contributed by atoms with E-state index in [4.69, 9.17) is 18.0 Å². The maximum Gasteiger partial charge on any atom is 0.416 e. The number of nitrogens with one attached hydrogen (secondary N) is 1. The number of thiocarbonyl (C=S) groups is 1. The van der Waals surface area contributed by atoms with Gasteiger partial charge < -0.3 is 11.1 Å². The zero-order valence-electron chi connectivity index (χ0n) is 11.7. The van der Waals surface area contributed by atoms with Gasteiger partial charge in [-0.1, -0.05) is 37.9 Å². The SMILES string of the molecule is NC(=S)c1cc(C(F)(F)F)ccc1NCCC1CCCC1. The first-order valence-corrected chi connectivity index (χ1v) is 7.53. The van der Waals surface area contributed by atoms with Crippen molar-refractivity contribution in [2.75, 3.05) is 11.9 Å². The molecular weight excluding hydrogens is 297 g/mol. The third-order valence-electron chi connectivity index (χ3n) is 3.96. The van der Waals surface area contributed by atoms with E-state index in [0.29, 0.717) is 5.69 Å². The van der Waals surface area contributed by atoms with Crippen molar-refractivity contribution in [2.45, 2.75) is 38.3 Å². The number of nitrogens with two attached hydrogens (primary N) is 1. The van der Waals surface area contributed by atoms with Crippen molar-refractivity contribution in [1.29, 1.82) is 0 Å². The number of hydrogen-bond donors (Lipinski definition) is 2. The molecule has 6 heteroatoms. The fourth-order valence-corrected chi connectivity index (χ4v) is 2.96. The quantitative estimate of drug-likeness (QED) is 0.794. The normalized spacial score (nSPS) is 16.1. The van der Waals surface area contributed by atoms with E-state index < -0.39 is 11.7 Å². The van der Waals surface area contributed by atoms with Crippen LogP contribution in [0, 0.1) is 5.92 Å². The fourth-order valence-electron chi connectivity index (χ4n) is 2.79. The molecule has 116 valence electrons. The van der Waals surface area contributed by atoms with Crippen LogP contribution in [0.25, 0.3) is 0 Å². The first kappa shape index (κ1) is 16.1. The van der Waals surface area contributed by atoms with Crippen LogP contribution in [0.3, 0.4) is 0 Å². The highest BCUT2D eigenvalue weighted by atomic mass is 32.1. The smallest absolute Gasteiger partial charge is 0.389 e. The molecule has 0 radical (unpaired) electrons. The number of alkyl halides is 3. The average molecular weight is 316 g/mol. The highest BCUT2D eigenvalue weighted by Gasteiger charge is 2.31. The third-order valence-corrected chi connectivity index (χ3v) is 4.18. The predicted molar refractivity (Wildman–Crippen MR) is 82.4 cm³/mol. The zero-order chi connectivity index (χ0) is 15.5. The lowest BCUT2D eigenvalue weighted by Gasteiger charge is -2.15. The van der Waals surface area contributed by atoms with E-state index in [0.717, 1.165) is 31.0 Å². The Labute approximate surface area is 127 Å². The maximum absolute atomic E-state index is 12.7. The van der Waals surface area contributed by atoms with Gasteiger partial charge in [-0.2, -0.15) is 13.2 Å². The summed E-state index contributed by atoms with van der Waals surface area (Å²) in [7, 11) is 0. The molecule has 1 aromatic rings. The van der Waals surface area contributed by atoms with Crippen LogP contribution in [0.15, 0.2) is 18.2 Å². The van der Waals surface area contributed by atoms with Crippen molar-refractivity contribution in [2.24, 2.45) is 11.7 Å². The predicted octanol–water partition coefficient (Wildman–Crippen LogP) is 4.33. The van der Waals surface area contributed by atoms with E-state index in [-0.39, 0.29) is 10.6 Å². The van der Waals surface area contributed by atoms with Gasteiger partial charge >= 0.3 is 6.18 Å². The van der Waals surface area contributed by atoms with Crippen molar-refractivity contribution in [3.05, 3.63) is 29.3 Å². The summed E-state index contributed by atoms with van der Waals surface area (Å²) < 4.78 is 38.1. The molecule has 1 aliphatic rings. The molecule has 2 rings (SSSR count). The molecule has 1 fully saturated rings. The minimum Gasteiger partial charge on any atom is -0.389 e. The number of hydrogen-bond acceptors (Lipinski definition) is 2. The molecule has 1 aliphatic carbocycles. The van der Waals surface area contributed by atoms with E-state index >= 15 is 0 Å². The topological polar surface area (TPSA) is 38.0 Å². The van der Waals surface area contributed by atoms with Crippen LogP contribution in [-0.2, 0) is 6.18 Å². The van der Waals surface area contributed by atoms with Crippen molar-refractivity contribution in [3.8, 4) is 0 Å². The summed E-state index contributed by atoms with van der Waals surface area (Å²) in [5.74, 6) is 0.722. The van der Waals surface area contributed by atoms with Gasteiger partial charge in [-0.25, -0.2) is 0 Å². The van der Waals surface area contributed by atoms with E-state index in [2.05, 4.69) is 5.32 Å².